The molecular weight excluding hydrogens is 494 g/mol. The van der Waals surface area contributed by atoms with Crippen molar-refractivity contribution in [1.29, 1.82) is 0 Å². The number of hydrogen-bond acceptors (Lipinski definition) is 4. The zero-order valence-corrected chi connectivity index (χ0v) is 18.7. The van der Waals surface area contributed by atoms with Crippen LogP contribution in [0.25, 0.3) is 22.5 Å². The highest BCUT2D eigenvalue weighted by atomic mass is 19.4. The van der Waals surface area contributed by atoms with Gasteiger partial charge in [0.1, 0.15) is 11.6 Å². The Balaban J connectivity index is 0.000000405. The van der Waals surface area contributed by atoms with Gasteiger partial charge >= 0.3 is 12.1 Å². The molecule has 0 spiro atoms. The predicted molar refractivity (Wildman–Crippen MR) is 126 cm³/mol. The molecule has 0 saturated carbocycles. The maximum Gasteiger partial charge on any atom is 0.490 e. The summed E-state index contributed by atoms with van der Waals surface area (Å²) in [6, 6.07) is 19.4. The van der Waals surface area contributed by atoms with Gasteiger partial charge in [-0.05, 0) is 59.7 Å². The van der Waals surface area contributed by atoms with E-state index in [0.29, 0.717) is 5.69 Å². The summed E-state index contributed by atoms with van der Waals surface area (Å²) in [5, 5.41) is 14.3. The summed E-state index contributed by atoms with van der Waals surface area (Å²) >= 11 is 0. The monoisotopic (exact) mass is 511 g/mol. The number of nitrogens with zero attached hydrogens (tertiary/aromatic N) is 4. The number of aromatic nitrogens is 4. The van der Waals surface area contributed by atoms with Crippen LogP contribution in [-0.4, -0.2) is 42.3 Å². The van der Waals surface area contributed by atoms with Crippen molar-refractivity contribution in [2.75, 3.05) is 5.32 Å². The van der Waals surface area contributed by atoms with Crippen molar-refractivity contribution in [2.45, 2.75) is 6.18 Å². The summed E-state index contributed by atoms with van der Waals surface area (Å²) in [4.78, 5) is 25.4. The van der Waals surface area contributed by atoms with Crippen LogP contribution in [0.15, 0.2) is 91.5 Å². The van der Waals surface area contributed by atoms with Gasteiger partial charge in [-0.2, -0.15) is 18.3 Å². The van der Waals surface area contributed by atoms with Crippen LogP contribution in [0.4, 0.5) is 23.2 Å². The van der Waals surface area contributed by atoms with E-state index in [1.807, 2.05) is 40.9 Å². The van der Waals surface area contributed by atoms with E-state index < -0.39 is 12.1 Å². The molecule has 5 rings (SSSR count). The van der Waals surface area contributed by atoms with E-state index >= 15 is 0 Å². The second-order valence-electron chi connectivity index (χ2n) is 7.56. The lowest BCUT2D eigenvalue weighted by molar-refractivity contribution is -0.192. The predicted octanol–water partition coefficient (Wildman–Crippen LogP) is 5.21. The van der Waals surface area contributed by atoms with Crippen LogP contribution in [0.5, 0.6) is 0 Å². The van der Waals surface area contributed by atoms with Crippen molar-refractivity contribution in [3.8, 4) is 16.9 Å². The summed E-state index contributed by atoms with van der Waals surface area (Å²) in [5.74, 6) is -2.59. The van der Waals surface area contributed by atoms with Crippen molar-refractivity contribution in [3.05, 3.63) is 103 Å². The molecule has 37 heavy (non-hydrogen) atoms. The lowest BCUT2D eigenvalue weighted by Gasteiger charge is -2.07. The lowest BCUT2D eigenvalue weighted by atomic mass is 10.1. The van der Waals surface area contributed by atoms with Crippen molar-refractivity contribution < 1.29 is 32.3 Å². The minimum absolute atomic E-state index is 0.281. The van der Waals surface area contributed by atoms with Crippen LogP contribution in [-0.2, 0) is 4.79 Å². The van der Waals surface area contributed by atoms with Gasteiger partial charge in [-0.1, -0.05) is 18.2 Å². The van der Waals surface area contributed by atoms with E-state index in [0.717, 1.165) is 22.5 Å². The van der Waals surface area contributed by atoms with Gasteiger partial charge in [-0.15, -0.1) is 0 Å². The number of carbonyl (C=O) groups excluding carboxylic acids is 1. The normalized spacial score (nSPS) is 11.0. The molecule has 4 heterocycles. The van der Waals surface area contributed by atoms with Gasteiger partial charge in [0, 0.05) is 24.1 Å². The highest BCUT2D eigenvalue weighted by molar-refractivity contribution is 6.02. The zero-order chi connectivity index (χ0) is 26.6. The van der Waals surface area contributed by atoms with E-state index in [4.69, 9.17) is 9.90 Å². The average Bonchev–Trinajstić information content (AvgIpc) is 3.51. The first-order valence-electron chi connectivity index (χ1n) is 10.6. The fourth-order valence-electron chi connectivity index (χ4n) is 3.32. The van der Waals surface area contributed by atoms with Crippen LogP contribution in [0.2, 0.25) is 0 Å². The topological polar surface area (TPSA) is 102 Å². The van der Waals surface area contributed by atoms with Gasteiger partial charge in [0.15, 0.2) is 5.69 Å². The standard InChI is InChI=1S/C23H16FN5O.C2HF3O2/c24-18-4-1-3-16(13-18)17-6-7-20-8-9-22(28(20)15-17)29-12-10-21(27-29)23(30)26-19-5-2-11-25-14-19;3-2(4,5)1(6)7/h1-15H,(H,26,30);(H,6,7). The van der Waals surface area contributed by atoms with Crippen molar-refractivity contribution in [2.24, 2.45) is 0 Å². The van der Waals surface area contributed by atoms with Crippen LogP contribution in [0.3, 0.4) is 0 Å². The third-order valence-corrected chi connectivity index (χ3v) is 5.01. The number of halogens is 4. The van der Waals surface area contributed by atoms with E-state index in [1.165, 1.54) is 12.1 Å². The molecule has 0 fully saturated rings. The number of anilines is 1. The molecule has 0 bridgehead atoms. The zero-order valence-electron chi connectivity index (χ0n) is 18.7. The molecule has 0 saturated heterocycles. The second kappa shape index (κ2) is 10.3. The number of benzene rings is 1. The molecular formula is C25H17F4N5O3. The summed E-state index contributed by atoms with van der Waals surface area (Å²) in [6.07, 6.45) is 1.79. The van der Waals surface area contributed by atoms with E-state index in [9.17, 15) is 22.4 Å². The number of hydrogen-bond donors (Lipinski definition) is 2. The number of amides is 1. The molecule has 1 aromatic carbocycles. The van der Waals surface area contributed by atoms with Gasteiger partial charge in [0.25, 0.3) is 5.91 Å². The summed E-state index contributed by atoms with van der Waals surface area (Å²) in [6.45, 7) is 0. The Kier molecular flexibility index (Phi) is 7.00. The molecule has 8 nitrogen and oxygen atoms in total. The molecule has 5 aromatic rings. The molecule has 188 valence electrons. The van der Waals surface area contributed by atoms with Crippen molar-refractivity contribution in [1.82, 2.24) is 19.2 Å². The van der Waals surface area contributed by atoms with E-state index in [-0.39, 0.29) is 17.4 Å². The summed E-state index contributed by atoms with van der Waals surface area (Å²) in [7, 11) is 0. The first kappa shape index (κ1) is 25.1. The van der Waals surface area contributed by atoms with Gasteiger partial charge < -0.3 is 14.8 Å². The SMILES string of the molecule is O=C(Nc1cccnc1)c1ccn(-c2ccc3ccc(-c4cccc(F)c4)cn23)n1.O=C(O)C(F)(F)F. The van der Waals surface area contributed by atoms with Gasteiger partial charge in [-0.25, -0.2) is 13.9 Å². The number of fused-ring (bicyclic) bond motifs is 1. The highest BCUT2D eigenvalue weighted by Crippen LogP contribution is 2.23. The largest absolute Gasteiger partial charge is 0.490 e. The van der Waals surface area contributed by atoms with Crippen LogP contribution in [0.1, 0.15) is 10.5 Å². The van der Waals surface area contributed by atoms with Crippen LogP contribution in [0, 0.1) is 5.82 Å². The molecule has 0 aliphatic carbocycles. The molecule has 1 amide bonds. The molecule has 4 aromatic heterocycles. The Morgan fingerprint density at radius 1 is 0.946 bits per heavy atom. The Bertz CT molecular complexity index is 1560. The fraction of sp³-hybridized carbons (Fsp3) is 0.0400. The number of nitrogens with one attached hydrogen (secondary N) is 1. The lowest BCUT2D eigenvalue weighted by Crippen LogP contribution is -2.21. The average molecular weight is 511 g/mol. The molecule has 12 heteroatoms. The van der Waals surface area contributed by atoms with Gasteiger partial charge in [0.2, 0.25) is 0 Å². The minimum atomic E-state index is -5.08. The molecule has 2 N–H and O–H groups in total. The highest BCUT2D eigenvalue weighted by Gasteiger charge is 2.38. The Morgan fingerprint density at radius 2 is 1.70 bits per heavy atom. The molecule has 0 radical (unpaired) electrons. The van der Waals surface area contributed by atoms with Crippen molar-refractivity contribution >= 4 is 23.1 Å². The third-order valence-electron chi connectivity index (χ3n) is 5.01. The number of aliphatic carboxylic acids is 1. The maximum absolute atomic E-state index is 13.6. The number of carboxylic acids is 1. The molecule has 0 aliphatic heterocycles. The summed E-state index contributed by atoms with van der Waals surface area (Å²) < 4.78 is 49.0. The third kappa shape index (κ3) is 5.99. The second-order valence-corrected chi connectivity index (χ2v) is 7.56. The number of carbonyl (C=O) groups is 2. The molecule has 0 atom stereocenters. The Morgan fingerprint density at radius 3 is 2.38 bits per heavy atom. The summed E-state index contributed by atoms with van der Waals surface area (Å²) in [5.41, 5.74) is 3.51. The van der Waals surface area contributed by atoms with Gasteiger partial charge in [-0.3, -0.25) is 9.78 Å². The first-order chi connectivity index (χ1) is 17.6. The number of alkyl halides is 3. The smallest absolute Gasteiger partial charge is 0.475 e. The Hall–Kier alpha value is -5.00. The maximum atomic E-state index is 13.6. The number of pyridine rings is 2. The van der Waals surface area contributed by atoms with E-state index in [2.05, 4.69) is 15.4 Å². The quantitative estimate of drug-likeness (QED) is 0.323. The fourth-order valence-corrected chi connectivity index (χ4v) is 3.32. The van der Waals surface area contributed by atoms with E-state index in [1.54, 1.807) is 47.5 Å². The number of carboxylic acid groups (broad SMARTS) is 1. The van der Waals surface area contributed by atoms with Gasteiger partial charge in [0.05, 0.1) is 11.9 Å². The van der Waals surface area contributed by atoms with Crippen LogP contribution >= 0.6 is 0 Å². The number of rotatable bonds is 4. The van der Waals surface area contributed by atoms with Crippen molar-refractivity contribution in [3.63, 3.8) is 0 Å². The molecule has 0 aliphatic rings. The Labute approximate surface area is 206 Å². The minimum Gasteiger partial charge on any atom is -0.475 e. The first-order valence-corrected chi connectivity index (χ1v) is 10.6. The van der Waals surface area contributed by atoms with Crippen LogP contribution < -0.4 is 5.32 Å². The molecule has 0 unspecified atom stereocenters.